The zero-order valence-electron chi connectivity index (χ0n) is 15.1. The van der Waals surface area contributed by atoms with Gasteiger partial charge in [-0.15, -0.1) is 0 Å². The number of halogens is 1. The van der Waals surface area contributed by atoms with Crippen molar-refractivity contribution in [2.75, 3.05) is 16.6 Å². The lowest BCUT2D eigenvalue weighted by Gasteiger charge is -2.13. The maximum absolute atomic E-state index is 12.2. The number of nitrogens with zero attached hydrogens (tertiary/aromatic N) is 2. The highest BCUT2D eigenvalue weighted by molar-refractivity contribution is 6.30. The smallest absolute Gasteiger partial charge is 0.269 e. The van der Waals surface area contributed by atoms with Crippen molar-refractivity contribution in [2.45, 2.75) is 6.42 Å². The molecule has 0 spiro atoms. The molecule has 0 aliphatic heterocycles. The minimum absolute atomic E-state index is 0.110. The number of nitrogen functional groups attached to an aromatic ring is 1. The minimum atomic E-state index is -0.420. The minimum Gasteiger partial charge on any atom is -0.393 e. The average molecular weight is 412 g/mol. The monoisotopic (exact) mass is 411 g/mol. The topological polar surface area (TPSA) is 134 Å². The van der Waals surface area contributed by atoms with Crippen LogP contribution < -0.4 is 27.4 Å². The molecule has 0 aliphatic carbocycles. The lowest BCUT2D eigenvalue weighted by atomic mass is 10.1. The molecule has 2 amide bonds. The summed E-state index contributed by atoms with van der Waals surface area (Å²) in [5.41, 5.74) is 17.6. The van der Waals surface area contributed by atoms with Gasteiger partial charge in [0, 0.05) is 10.6 Å². The molecule has 10 heteroatoms. The van der Waals surface area contributed by atoms with E-state index in [0.717, 1.165) is 5.56 Å². The summed E-state index contributed by atoms with van der Waals surface area (Å²) in [5.74, 6) is -0.342. The zero-order valence-corrected chi connectivity index (χ0v) is 15.9. The lowest BCUT2D eigenvalue weighted by molar-refractivity contribution is -0.119. The Balaban J connectivity index is 1.57. The van der Waals surface area contributed by atoms with Gasteiger partial charge in [0.05, 0.1) is 6.42 Å². The summed E-state index contributed by atoms with van der Waals surface area (Å²) >= 11 is 5.88. The molecular weight excluding hydrogens is 394 g/mol. The van der Waals surface area contributed by atoms with Crippen LogP contribution in [-0.2, 0) is 11.2 Å². The predicted molar refractivity (Wildman–Crippen MR) is 111 cm³/mol. The van der Waals surface area contributed by atoms with Gasteiger partial charge in [-0.1, -0.05) is 48.0 Å². The van der Waals surface area contributed by atoms with Gasteiger partial charge in [-0.05, 0) is 23.8 Å². The summed E-state index contributed by atoms with van der Waals surface area (Å²) in [4.78, 5) is 32.2. The molecule has 0 atom stereocenters. The van der Waals surface area contributed by atoms with Crippen LogP contribution in [0.2, 0.25) is 5.02 Å². The summed E-state index contributed by atoms with van der Waals surface area (Å²) in [5, 5.41) is 0.442. The molecule has 9 nitrogen and oxygen atoms in total. The van der Waals surface area contributed by atoms with Crippen LogP contribution in [0.1, 0.15) is 15.9 Å². The van der Waals surface area contributed by atoms with E-state index in [2.05, 4.69) is 31.7 Å². The number of carbonyl (C=O) groups is 2. The molecule has 6 N–H and O–H groups in total. The number of carbonyl (C=O) groups excluding carboxylic acids is 2. The van der Waals surface area contributed by atoms with Crippen LogP contribution in [0.5, 0.6) is 0 Å². The van der Waals surface area contributed by atoms with Crippen LogP contribution in [0.25, 0.3) is 0 Å². The molecule has 29 heavy (non-hydrogen) atoms. The van der Waals surface area contributed by atoms with Gasteiger partial charge < -0.3 is 5.73 Å². The summed E-state index contributed by atoms with van der Waals surface area (Å²) in [6.45, 7) is 0. The third-order valence-corrected chi connectivity index (χ3v) is 4.03. The predicted octanol–water partition coefficient (Wildman–Crippen LogP) is 2.15. The fraction of sp³-hybridized carbons (Fsp3) is 0.0526. The zero-order chi connectivity index (χ0) is 20.6. The highest BCUT2D eigenvalue weighted by Gasteiger charge is 2.11. The number of aromatic nitrogens is 2. The Morgan fingerprint density at radius 1 is 0.931 bits per heavy atom. The van der Waals surface area contributed by atoms with Crippen molar-refractivity contribution in [3.05, 3.63) is 77.1 Å². The molecule has 0 fully saturated rings. The Morgan fingerprint density at radius 2 is 1.62 bits per heavy atom. The van der Waals surface area contributed by atoms with Crippen LogP contribution in [0.3, 0.4) is 0 Å². The van der Waals surface area contributed by atoms with E-state index in [4.69, 9.17) is 17.3 Å². The van der Waals surface area contributed by atoms with Crippen LogP contribution in [0, 0.1) is 0 Å². The molecule has 1 aromatic heterocycles. The van der Waals surface area contributed by atoms with E-state index < -0.39 is 5.91 Å². The van der Waals surface area contributed by atoms with Gasteiger partial charge in [0.15, 0.2) is 11.6 Å². The Morgan fingerprint density at radius 3 is 2.31 bits per heavy atom. The van der Waals surface area contributed by atoms with Gasteiger partial charge >= 0.3 is 0 Å². The molecular formula is C19H18ClN7O2. The van der Waals surface area contributed by atoms with Gasteiger partial charge in [-0.3, -0.25) is 31.3 Å². The van der Waals surface area contributed by atoms with Gasteiger partial charge in [0.2, 0.25) is 5.91 Å². The van der Waals surface area contributed by atoms with E-state index in [1.165, 1.54) is 12.4 Å². The molecule has 0 saturated heterocycles. The Hall–Kier alpha value is -3.85. The number of nitrogens with one attached hydrogen (secondary N) is 4. The van der Waals surface area contributed by atoms with Crippen LogP contribution >= 0.6 is 11.6 Å². The largest absolute Gasteiger partial charge is 0.393 e. The maximum Gasteiger partial charge on any atom is 0.269 e. The average Bonchev–Trinajstić information content (AvgIpc) is 2.72. The first-order valence-corrected chi connectivity index (χ1v) is 8.92. The second kappa shape index (κ2) is 9.38. The van der Waals surface area contributed by atoms with E-state index in [1.807, 2.05) is 30.3 Å². The third kappa shape index (κ3) is 5.56. The molecule has 3 rings (SSSR count). The number of nitrogens with two attached hydrogens (primary N) is 1. The van der Waals surface area contributed by atoms with E-state index in [0.29, 0.717) is 10.6 Å². The molecule has 0 radical (unpaired) electrons. The van der Waals surface area contributed by atoms with E-state index in [9.17, 15) is 9.59 Å². The number of benzene rings is 2. The molecule has 148 valence electrons. The van der Waals surface area contributed by atoms with Crippen molar-refractivity contribution in [2.24, 2.45) is 0 Å². The fourth-order valence-electron chi connectivity index (χ4n) is 2.37. The molecule has 0 unspecified atom stereocenters. The Kier molecular flexibility index (Phi) is 6.43. The van der Waals surface area contributed by atoms with E-state index in [1.54, 1.807) is 18.2 Å². The van der Waals surface area contributed by atoms with Crippen molar-refractivity contribution >= 4 is 40.7 Å². The van der Waals surface area contributed by atoms with Crippen molar-refractivity contribution in [3.63, 3.8) is 0 Å². The van der Waals surface area contributed by atoms with Gasteiger partial charge in [0.25, 0.3) is 5.91 Å². The summed E-state index contributed by atoms with van der Waals surface area (Å²) < 4.78 is 0. The quantitative estimate of drug-likeness (QED) is 0.376. The number of amides is 2. The Labute approximate surface area is 171 Å². The molecule has 0 aliphatic rings. The second-order valence-corrected chi connectivity index (χ2v) is 6.35. The molecule has 0 saturated carbocycles. The lowest BCUT2D eigenvalue weighted by Crippen LogP contribution is -2.33. The van der Waals surface area contributed by atoms with E-state index >= 15 is 0 Å². The van der Waals surface area contributed by atoms with Gasteiger partial charge in [0.1, 0.15) is 12.0 Å². The first kappa shape index (κ1) is 19.9. The van der Waals surface area contributed by atoms with Gasteiger partial charge in [-0.2, -0.15) is 0 Å². The first-order chi connectivity index (χ1) is 14.0. The number of anilines is 3. The number of hydrazine groups is 2. The molecule has 1 heterocycles. The molecule has 0 bridgehead atoms. The van der Waals surface area contributed by atoms with E-state index in [-0.39, 0.29) is 29.7 Å². The van der Waals surface area contributed by atoms with Gasteiger partial charge in [-0.25, -0.2) is 9.97 Å². The number of hydrogen-bond donors (Lipinski definition) is 5. The highest BCUT2D eigenvalue weighted by atomic mass is 35.5. The maximum atomic E-state index is 12.2. The Bertz CT molecular complexity index is 1010. The molecule has 2 aromatic carbocycles. The SMILES string of the molecule is Nc1c(NNC(=O)Cc2ccccc2)ncnc1NNC(=O)c1cccc(Cl)c1. The molecule has 3 aromatic rings. The van der Waals surface area contributed by atoms with Crippen molar-refractivity contribution in [1.82, 2.24) is 20.8 Å². The van der Waals surface area contributed by atoms with Crippen molar-refractivity contribution in [1.29, 1.82) is 0 Å². The standard InChI is InChI=1S/C19H18ClN7O2/c20-14-8-4-7-13(10-14)19(29)27-26-18-16(21)17(22-11-23-18)25-24-15(28)9-12-5-2-1-3-6-12/h1-8,10-11H,9,21H2,(H,24,28)(H,27,29)(H2,22,23,25,26). The highest BCUT2D eigenvalue weighted by Crippen LogP contribution is 2.21. The van der Waals surface area contributed by atoms with Crippen LogP contribution in [0.15, 0.2) is 60.9 Å². The fourth-order valence-corrected chi connectivity index (χ4v) is 2.56. The second-order valence-electron chi connectivity index (χ2n) is 5.91. The number of rotatable bonds is 7. The normalized spacial score (nSPS) is 10.1. The van der Waals surface area contributed by atoms with Crippen LogP contribution in [0.4, 0.5) is 17.3 Å². The van der Waals surface area contributed by atoms with Crippen LogP contribution in [-0.4, -0.2) is 21.8 Å². The van der Waals surface area contributed by atoms with Crippen molar-refractivity contribution < 1.29 is 9.59 Å². The third-order valence-electron chi connectivity index (χ3n) is 3.79. The summed E-state index contributed by atoms with van der Waals surface area (Å²) in [6, 6.07) is 15.8. The van der Waals surface area contributed by atoms with Crippen molar-refractivity contribution in [3.8, 4) is 0 Å². The first-order valence-electron chi connectivity index (χ1n) is 8.54. The summed E-state index contributed by atoms with van der Waals surface area (Å²) in [7, 11) is 0. The summed E-state index contributed by atoms with van der Waals surface area (Å²) in [6.07, 6.45) is 1.43. The number of hydrogen-bond acceptors (Lipinski definition) is 7.